The topological polar surface area (TPSA) is 0 Å². The van der Waals surface area contributed by atoms with Gasteiger partial charge in [0.05, 0.1) is 0 Å². The van der Waals surface area contributed by atoms with E-state index in [1.54, 1.807) is 0 Å². The summed E-state index contributed by atoms with van der Waals surface area (Å²) in [7, 11) is -1.69. The van der Waals surface area contributed by atoms with Crippen LogP contribution in [0.2, 0.25) is 0 Å². The van der Waals surface area contributed by atoms with E-state index in [2.05, 4.69) is 162 Å². The summed E-state index contributed by atoms with van der Waals surface area (Å²) in [6.45, 7) is 11.0. The fourth-order valence-corrected chi connectivity index (χ4v) is 12.6. The number of hydrogen-bond donors (Lipinski definition) is 0. The summed E-state index contributed by atoms with van der Waals surface area (Å²) in [5.41, 5.74) is 7.34. The van der Waals surface area contributed by atoms with Crippen molar-refractivity contribution in [3.8, 4) is 6.42 Å². The zero-order valence-electron chi connectivity index (χ0n) is 24.2. The molecule has 0 spiro atoms. The van der Waals surface area contributed by atoms with E-state index in [-0.39, 0.29) is 19.5 Å². The van der Waals surface area contributed by atoms with Gasteiger partial charge in [-0.2, -0.15) is 27.8 Å². The van der Waals surface area contributed by atoms with Crippen molar-refractivity contribution in [1.82, 2.24) is 0 Å². The molecule has 3 heteroatoms. The minimum Gasteiger partial charge on any atom is -0.697 e. The summed E-state index contributed by atoms with van der Waals surface area (Å²) < 4.78 is 0. The average Bonchev–Trinajstić information content (AvgIpc) is 3.18. The van der Waals surface area contributed by atoms with Crippen molar-refractivity contribution < 1.29 is 19.5 Å². The second-order valence-electron chi connectivity index (χ2n) is 9.72. The van der Waals surface area contributed by atoms with Crippen LogP contribution in [0.5, 0.6) is 0 Å². The van der Waals surface area contributed by atoms with Crippen LogP contribution in [0.4, 0.5) is 0 Å². The van der Waals surface area contributed by atoms with Crippen LogP contribution in [0.25, 0.3) is 0 Å². The molecule has 0 atom stereocenters. The van der Waals surface area contributed by atoms with E-state index >= 15 is 0 Å². The SMILES string of the molecule is Cc1c(C)c(C)[c-](C)c1C.[C-]#C.[Ru+6].c1ccc([PH+](C[PH+](c2ccccc2)c2ccccc2)c2ccccc2)cc1. The molecular formula is C37H40P2Ru+6. The first-order valence-electron chi connectivity index (χ1n) is 13.4. The molecule has 5 rings (SSSR count). The van der Waals surface area contributed by atoms with Gasteiger partial charge in [0.2, 0.25) is 0 Å². The largest absolute Gasteiger partial charge is 6.00 e. The first-order chi connectivity index (χ1) is 19.0. The van der Waals surface area contributed by atoms with E-state index in [9.17, 15) is 0 Å². The van der Waals surface area contributed by atoms with Gasteiger partial charge in [0, 0.05) is 0 Å². The zero-order chi connectivity index (χ0) is 28.2. The monoisotopic (exact) mass is 648 g/mol. The second kappa shape index (κ2) is 17.2. The van der Waals surface area contributed by atoms with Crippen LogP contribution in [0.15, 0.2) is 121 Å². The summed E-state index contributed by atoms with van der Waals surface area (Å²) in [6, 6.07) is 44.5. The Morgan fingerprint density at radius 2 is 0.725 bits per heavy atom. The van der Waals surface area contributed by atoms with Crippen LogP contribution in [-0.2, 0) is 19.5 Å². The molecule has 40 heavy (non-hydrogen) atoms. The minimum atomic E-state index is -0.847. The first-order valence-corrected chi connectivity index (χ1v) is 16.8. The zero-order valence-corrected chi connectivity index (χ0v) is 27.9. The summed E-state index contributed by atoms with van der Waals surface area (Å²) >= 11 is 0. The molecule has 5 aromatic rings. The fraction of sp³-hybridized carbons (Fsp3) is 0.162. The van der Waals surface area contributed by atoms with E-state index in [1.165, 1.54) is 54.9 Å². The Bertz CT molecular complexity index is 1180. The Kier molecular flexibility index (Phi) is 14.4. The maximum atomic E-state index is 5.25. The van der Waals surface area contributed by atoms with Crippen LogP contribution in [0.3, 0.4) is 0 Å². The third-order valence-corrected chi connectivity index (χ3v) is 14.6. The van der Waals surface area contributed by atoms with Gasteiger partial charge >= 0.3 is 19.5 Å². The normalized spacial score (nSPS) is 10.1. The van der Waals surface area contributed by atoms with E-state index in [4.69, 9.17) is 6.42 Å². The van der Waals surface area contributed by atoms with Crippen LogP contribution in [0.1, 0.15) is 27.8 Å². The summed E-state index contributed by atoms with van der Waals surface area (Å²) in [5.74, 6) is 1.25. The molecule has 0 radical (unpaired) electrons. The fourth-order valence-electron chi connectivity index (χ4n) is 4.88. The maximum absolute atomic E-state index is 5.25. The van der Waals surface area contributed by atoms with Gasteiger partial charge in [0.15, 0.2) is 5.90 Å². The average molecular weight is 648 g/mol. The molecule has 0 aliphatic heterocycles. The number of hydrogen-bond acceptors (Lipinski definition) is 0. The molecule has 0 unspecified atom stereocenters. The molecule has 0 amide bonds. The van der Waals surface area contributed by atoms with Gasteiger partial charge in [-0.3, -0.25) is 0 Å². The first kappa shape index (κ1) is 33.5. The number of benzene rings is 4. The molecule has 0 saturated heterocycles. The Labute approximate surface area is 257 Å². The van der Waals surface area contributed by atoms with E-state index in [0.29, 0.717) is 0 Å². The van der Waals surface area contributed by atoms with Gasteiger partial charge in [0.25, 0.3) is 0 Å². The predicted molar refractivity (Wildman–Crippen MR) is 180 cm³/mol. The maximum Gasteiger partial charge on any atom is 6.00 e. The smallest absolute Gasteiger partial charge is 0.697 e. The van der Waals surface area contributed by atoms with Crippen molar-refractivity contribution in [3.63, 3.8) is 0 Å². The number of terminal acetylenes is 1. The quantitative estimate of drug-likeness (QED) is 0.0763. The predicted octanol–water partition coefficient (Wildman–Crippen LogP) is 7.83. The molecule has 0 heterocycles. The van der Waals surface area contributed by atoms with Gasteiger partial charge in [-0.05, 0) is 48.5 Å². The van der Waals surface area contributed by atoms with Gasteiger partial charge in [0.1, 0.15) is 37.1 Å². The molecule has 200 valence electrons. The van der Waals surface area contributed by atoms with Crippen molar-refractivity contribution in [2.75, 3.05) is 5.90 Å². The molecule has 0 nitrogen and oxygen atoms in total. The van der Waals surface area contributed by atoms with Crippen LogP contribution >= 0.6 is 15.8 Å². The van der Waals surface area contributed by atoms with Gasteiger partial charge < -0.3 is 12.8 Å². The molecule has 0 N–H and O–H groups in total. The molecule has 0 aliphatic rings. The molecule has 0 aliphatic carbocycles. The summed E-state index contributed by atoms with van der Waals surface area (Å²) in [6.07, 6.45) is 9.00. The summed E-state index contributed by atoms with van der Waals surface area (Å²) in [5, 5.41) is 6.01. The van der Waals surface area contributed by atoms with Crippen molar-refractivity contribution in [2.24, 2.45) is 0 Å². The number of rotatable bonds is 6. The van der Waals surface area contributed by atoms with Gasteiger partial charge in [-0.15, -0.1) is 0 Å². The third kappa shape index (κ3) is 8.63. The van der Waals surface area contributed by atoms with E-state index in [0.717, 1.165) is 0 Å². The molecule has 5 aromatic carbocycles. The van der Waals surface area contributed by atoms with Gasteiger partial charge in [-0.25, -0.2) is 0 Å². The Hall–Kier alpha value is -2.73. The van der Waals surface area contributed by atoms with Crippen LogP contribution in [0, 0.1) is 47.5 Å². The van der Waals surface area contributed by atoms with Gasteiger partial charge in [-0.1, -0.05) is 107 Å². The summed E-state index contributed by atoms with van der Waals surface area (Å²) in [4.78, 5) is 0. The van der Waals surface area contributed by atoms with Crippen molar-refractivity contribution in [1.29, 1.82) is 0 Å². The Morgan fingerprint density at radius 1 is 0.500 bits per heavy atom. The molecular weight excluding hydrogens is 607 g/mol. The van der Waals surface area contributed by atoms with Crippen molar-refractivity contribution in [3.05, 3.63) is 156 Å². The van der Waals surface area contributed by atoms with Crippen molar-refractivity contribution >= 4 is 37.1 Å². The van der Waals surface area contributed by atoms with E-state index < -0.39 is 15.8 Å². The molecule has 0 bridgehead atoms. The third-order valence-electron chi connectivity index (χ3n) is 7.66. The van der Waals surface area contributed by atoms with E-state index in [1.807, 2.05) is 0 Å². The Morgan fingerprint density at radius 3 is 0.900 bits per heavy atom. The molecule has 0 aromatic heterocycles. The van der Waals surface area contributed by atoms with Crippen LogP contribution < -0.4 is 21.2 Å². The molecule has 0 saturated carbocycles. The van der Waals surface area contributed by atoms with Crippen molar-refractivity contribution in [2.45, 2.75) is 34.6 Å². The molecule has 0 fully saturated rings. The standard InChI is InChI=1S/C25H22P2.C10H15.C2H.Ru/c1-5-13-22(14-6-1)26(23-15-7-2-8-16-23)21-27(24-17-9-3-10-18-24)25-19-11-4-12-20-25;1-6-7(2)9(4)10(5)8(6)3;1-2;/h1-20H,21H2;1-5H3;1H;/q;2*-1;+6/p+2. The minimum absolute atomic E-state index is 0. The second-order valence-corrected chi connectivity index (χ2v) is 15.4. The Balaban J connectivity index is 0.000000365. The van der Waals surface area contributed by atoms with Crippen LogP contribution in [-0.4, -0.2) is 5.90 Å².